The third-order valence-electron chi connectivity index (χ3n) is 2.96. The molecule has 1 heterocycles. The summed E-state index contributed by atoms with van der Waals surface area (Å²) in [5.74, 6) is 0.968. The first-order valence-corrected chi connectivity index (χ1v) is 7.80. The average Bonchev–Trinajstić information content (AvgIpc) is 2.96. The number of rotatable bonds is 8. The molecule has 1 aromatic carbocycles. The Morgan fingerprint density at radius 1 is 1.11 bits per heavy atom. The molecule has 1 aromatic heterocycles. The fourth-order valence-corrected chi connectivity index (χ4v) is 2.43. The van der Waals surface area contributed by atoms with Gasteiger partial charge in [0.05, 0.1) is 6.61 Å². The quantitative estimate of drug-likeness (QED) is 0.690. The first-order valence-electron chi connectivity index (χ1n) is 6.86. The smallest absolute Gasteiger partial charge is 0.119 e. The normalized spacial score (nSPS) is 10.4. The fourth-order valence-electron chi connectivity index (χ4n) is 1.81. The molecule has 0 saturated heterocycles. The van der Waals surface area contributed by atoms with E-state index in [0.717, 1.165) is 25.3 Å². The summed E-state index contributed by atoms with van der Waals surface area (Å²) in [5.41, 5.74) is 2.46. The van der Waals surface area contributed by atoms with Crippen molar-refractivity contribution < 1.29 is 4.74 Å². The standard InChI is InChI=1S/C16H21NOS/c1-2-3-4-10-18-16-7-5-14(6-8-16)12-17-15-9-11-19-13-15/h5-9,11,13,17H,2-4,10,12H2,1H3. The summed E-state index contributed by atoms with van der Waals surface area (Å²) in [6.07, 6.45) is 3.61. The van der Waals surface area contributed by atoms with Gasteiger partial charge in [-0.25, -0.2) is 0 Å². The van der Waals surface area contributed by atoms with Gasteiger partial charge in [0.2, 0.25) is 0 Å². The zero-order valence-electron chi connectivity index (χ0n) is 11.4. The first-order chi connectivity index (χ1) is 9.38. The van der Waals surface area contributed by atoms with Crippen molar-refractivity contribution in [3.8, 4) is 5.75 Å². The summed E-state index contributed by atoms with van der Waals surface area (Å²) < 4.78 is 5.69. The highest BCUT2D eigenvalue weighted by atomic mass is 32.1. The summed E-state index contributed by atoms with van der Waals surface area (Å²) in [5, 5.41) is 7.59. The Hall–Kier alpha value is -1.48. The van der Waals surface area contributed by atoms with Gasteiger partial charge in [-0.15, -0.1) is 0 Å². The zero-order valence-corrected chi connectivity index (χ0v) is 12.2. The molecule has 0 aliphatic carbocycles. The number of hydrogen-bond acceptors (Lipinski definition) is 3. The van der Waals surface area contributed by atoms with Crippen LogP contribution >= 0.6 is 11.3 Å². The lowest BCUT2D eigenvalue weighted by molar-refractivity contribution is 0.306. The monoisotopic (exact) mass is 275 g/mol. The van der Waals surface area contributed by atoms with Crippen molar-refractivity contribution >= 4 is 17.0 Å². The molecule has 102 valence electrons. The molecule has 19 heavy (non-hydrogen) atoms. The third kappa shape index (κ3) is 4.95. The largest absolute Gasteiger partial charge is 0.494 e. The van der Waals surface area contributed by atoms with Crippen LogP contribution in [0.3, 0.4) is 0 Å². The van der Waals surface area contributed by atoms with E-state index in [1.807, 2.05) is 0 Å². The lowest BCUT2D eigenvalue weighted by Crippen LogP contribution is -1.99. The van der Waals surface area contributed by atoms with E-state index in [9.17, 15) is 0 Å². The SMILES string of the molecule is CCCCCOc1ccc(CNc2ccsc2)cc1. The van der Waals surface area contributed by atoms with Crippen molar-refractivity contribution in [3.05, 3.63) is 46.7 Å². The predicted octanol–water partition coefficient (Wildman–Crippen LogP) is 4.93. The summed E-state index contributed by atoms with van der Waals surface area (Å²) in [7, 11) is 0. The van der Waals surface area contributed by atoms with E-state index in [1.165, 1.54) is 24.1 Å². The van der Waals surface area contributed by atoms with Crippen molar-refractivity contribution in [2.45, 2.75) is 32.7 Å². The van der Waals surface area contributed by atoms with Crippen LogP contribution in [0, 0.1) is 0 Å². The summed E-state index contributed by atoms with van der Waals surface area (Å²) in [6.45, 7) is 3.88. The van der Waals surface area contributed by atoms with E-state index in [2.05, 4.69) is 53.3 Å². The second kappa shape index (κ2) is 7.85. The zero-order chi connectivity index (χ0) is 13.3. The molecule has 0 spiro atoms. The van der Waals surface area contributed by atoms with Crippen molar-refractivity contribution in [2.24, 2.45) is 0 Å². The van der Waals surface area contributed by atoms with Gasteiger partial charge in [0.25, 0.3) is 0 Å². The summed E-state index contributed by atoms with van der Waals surface area (Å²) >= 11 is 1.71. The third-order valence-corrected chi connectivity index (χ3v) is 3.64. The van der Waals surface area contributed by atoms with Gasteiger partial charge < -0.3 is 10.1 Å². The van der Waals surface area contributed by atoms with Gasteiger partial charge in [0.15, 0.2) is 0 Å². The number of nitrogens with one attached hydrogen (secondary N) is 1. The molecule has 0 saturated carbocycles. The molecule has 2 aromatic rings. The number of hydrogen-bond donors (Lipinski definition) is 1. The topological polar surface area (TPSA) is 21.3 Å². The Balaban J connectivity index is 1.74. The molecular formula is C16H21NOS. The highest BCUT2D eigenvalue weighted by Crippen LogP contribution is 2.16. The van der Waals surface area contributed by atoms with E-state index in [-0.39, 0.29) is 0 Å². The molecule has 1 N–H and O–H groups in total. The second-order valence-corrected chi connectivity index (χ2v) is 5.35. The van der Waals surface area contributed by atoms with Gasteiger partial charge in [-0.3, -0.25) is 0 Å². The number of ether oxygens (including phenoxy) is 1. The van der Waals surface area contributed by atoms with Crippen LogP contribution in [-0.2, 0) is 6.54 Å². The molecule has 3 heteroatoms. The maximum atomic E-state index is 5.69. The van der Waals surface area contributed by atoms with Crippen LogP contribution in [-0.4, -0.2) is 6.61 Å². The molecule has 0 radical (unpaired) electrons. The number of anilines is 1. The van der Waals surface area contributed by atoms with Crippen LogP contribution in [0.25, 0.3) is 0 Å². The van der Waals surface area contributed by atoms with Crippen LogP contribution < -0.4 is 10.1 Å². The average molecular weight is 275 g/mol. The molecule has 0 atom stereocenters. The van der Waals surface area contributed by atoms with Crippen LogP contribution in [0.2, 0.25) is 0 Å². The van der Waals surface area contributed by atoms with Crippen molar-refractivity contribution in [3.63, 3.8) is 0 Å². The van der Waals surface area contributed by atoms with E-state index >= 15 is 0 Å². The lowest BCUT2D eigenvalue weighted by Gasteiger charge is -2.08. The molecule has 0 unspecified atom stereocenters. The maximum absolute atomic E-state index is 5.69. The minimum atomic E-state index is 0.820. The Labute approximate surface area is 119 Å². The Morgan fingerprint density at radius 3 is 2.63 bits per heavy atom. The van der Waals surface area contributed by atoms with E-state index in [0.29, 0.717) is 0 Å². The Bertz CT molecular complexity index is 450. The predicted molar refractivity (Wildman–Crippen MR) is 83.1 cm³/mol. The fraction of sp³-hybridized carbons (Fsp3) is 0.375. The lowest BCUT2D eigenvalue weighted by atomic mass is 10.2. The molecule has 0 bridgehead atoms. The van der Waals surface area contributed by atoms with Gasteiger partial charge >= 0.3 is 0 Å². The van der Waals surface area contributed by atoms with Gasteiger partial charge in [-0.1, -0.05) is 31.9 Å². The minimum absolute atomic E-state index is 0.820. The minimum Gasteiger partial charge on any atom is -0.494 e. The second-order valence-electron chi connectivity index (χ2n) is 4.57. The van der Waals surface area contributed by atoms with Crippen molar-refractivity contribution in [1.29, 1.82) is 0 Å². The van der Waals surface area contributed by atoms with E-state index in [4.69, 9.17) is 4.74 Å². The number of thiophene rings is 1. The van der Waals surface area contributed by atoms with Crippen LogP contribution in [0.4, 0.5) is 5.69 Å². The molecular weight excluding hydrogens is 254 g/mol. The van der Waals surface area contributed by atoms with Gasteiger partial charge in [0, 0.05) is 17.6 Å². The summed E-state index contributed by atoms with van der Waals surface area (Å²) in [4.78, 5) is 0. The molecule has 0 amide bonds. The van der Waals surface area contributed by atoms with E-state index in [1.54, 1.807) is 11.3 Å². The highest BCUT2D eigenvalue weighted by Gasteiger charge is 1.97. The van der Waals surface area contributed by atoms with Crippen molar-refractivity contribution in [1.82, 2.24) is 0 Å². The molecule has 0 aliphatic rings. The Kier molecular flexibility index (Phi) is 5.76. The van der Waals surface area contributed by atoms with Crippen molar-refractivity contribution in [2.75, 3.05) is 11.9 Å². The van der Waals surface area contributed by atoms with Crippen LogP contribution in [0.5, 0.6) is 5.75 Å². The van der Waals surface area contributed by atoms with Gasteiger partial charge in [-0.2, -0.15) is 11.3 Å². The van der Waals surface area contributed by atoms with Gasteiger partial charge in [0.1, 0.15) is 5.75 Å². The molecule has 0 aliphatic heterocycles. The highest BCUT2D eigenvalue weighted by molar-refractivity contribution is 7.08. The number of unbranched alkanes of at least 4 members (excludes halogenated alkanes) is 2. The van der Waals surface area contributed by atoms with Crippen LogP contribution in [0.1, 0.15) is 31.7 Å². The van der Waals surface area contributed by atoms with Gasteiger partial charge in [-0.05, 0) is 35.6 Å². The Morgan fingerprint density at radius 2 is 1.95 bits per heavy atom. The molecule has 0 fully saturated rings. The van der Waals surface area contributed by atoms with E-state index < -0.39 is 0 Å². The molecule has 2 rings (SSSR count). The first kappa shape index (κ1) is 13.9. The number of benzene rings is 1. The molecule has 2 nitrogen and oxygen atoms in total. The van der Waals surface area contributed by atoms with Crippen LogP contribution in [0.15, 0.2) is 41.1 Å². The maximum Gasteiger partial charge on any atom is 0.119 e. The summed E-state index contributed by atoms with van der Waals surface area (Å²) in [6, 6.07) is 10.4.